The van der Waals surface area contributed by atoms with Crippen molar-refractivity contribution >= 4 is 17.8 Å². The van der Waals surface area contributed by atoms with Gasteiger partial charge in [-0.15, -0.1) is 0 Å². The molecule has 0 atom stereocenters. The van der Waals surface area contributed by atoms with E-state index in [-0.39, 0.29) is 5.95 Å². The van der Waals surface area contributed by atoms with Crippen LogP contribution in [-0.2, 0) is 0 Å². The molecule has 0 spiro atoms. The van der Waals surface area contributed by atoms with Gasteiger partial charge < -0.3 is 16.0 Å². The highest BCUT2D eigenvalue weighted by molar-refractivity contribution is 5.42. The molecule has 1 aliphatic rings. The molecule has 1 saturated carbocycles. The van der Waals surface area contributed by atoms with Gasteiger partial charge in [0.25, 0.3) is 0 Å². The summed E-state index contributed by atoms with van der Waals surface area (Å²) in [6.45, 7) is 10.6. The van der Waals surface area contributed by atoms with Crippen molar-refractivity contribution in [2.45, 2.75) is 59.4 Å². The number of nitrogen functional groups attached to an aromatic ring is 1. The first kappa shape index (κ1) is 15.8. The molecule has 0 aromatic carbocycles. The Morgan fingerprint density at radius 3 is 2.33 bits per heavy atom. The number of nitrogens with one attached hydrogen (secondary N) is 1. The molecule has 0 amide bonds. The highest BCUT2D eigenvalue weighted by Crippen LogP contribution is 2.35. The third-order valence-electron chi connectivity index (χ3n) is 4.36. The van der Waals surface area contributed by atoms with Gasteiger partial charge in [-0.05, 0) is 44.9 Å². The van der Waals surface area contributed by atoms with E-state index in [0.29, 0.717) is 23.4 Å². The van der Waals surface area contributed by atoms with Gasteiger partial charge >= 0.3 is 0 Å². The minimum atomic E-state index is 0.283. The van der Waals surface area contributed by atoms with Gasteiger partial charge in [0.05, 0.1) is 0 Å². The van der Waals surface area contributed by atoms with E-state index < -0.39 is 0 Å². The van der Waals surface area contributed by atoms with Gasteiger partial charge in [0.1, 0.15) is 0 Å². The lowest BCUT2D eigenvalue weighted by molar-refractivity contribution is 0.232. The van der Waals surface area contributed by atoms with Crippen LogP contribution in [0.5, 0.6) is 0 Å². The Balaban J connectivity index is 2.06. The van der Waals surface area contributed by atoms with Gasteiger partial charge in [-0.1, -0.05) is 13.8 Å². The first-order chi connectivity index (χ1) is 9.93. The van der Waals surface area contributed by atoms with Crippen molar-refractivity contribution < 1.29 is 0 Å². The van der Waals surface area contributed by atoms with Crippen molar-refractivity contribution in [3.05, 3.63) is 0 Å². The number of aromatic nitrogens is 3. The molecule has 1 heterocycles. The fraction of sp³-hybridized carbons (Fsp3) is 0.800. The molecular formula is C15H28N6. The van der Waals surface area contributed by atoms with Crippen LogP contribution in [0.1, 0.15) is 53.4 Å². The van der Waals surface area contributed by atoms with Crippen LogP contribution < -0.4 is 16.0 Å². The normalized spacial score (nSPS) is 18.5. The molecule has 2 rings (SSSR count). The number of rotatable bonds is 5. The SMILES string of the molecule is CCN(CC)c1nc(N)nc(NC2CCC(C)(C)CC2)n1. The molecule has 0 aliphatic heterocycles. The van der Waals surface area contributed by atoms with Crippen LogP contribution in [0.4, 0.5) is 17.8 Å². The number of anilines is 3. The Labute approximate surface area is 127 Å². The van der Waals surface area contributed by atoms with Crippen molar-refractivity contribution in [3.8, 4) is 0 Å². The van der Waals surface area contributed by atoms with E-state index in [1.807, 2.05) is 0 Å². The topological polar surface area (TPSA) is 80.0 Å². The molecule has 0 bridgehead atoms. The Hall–Kier alpha value is -1.59. The zero-order valence-corrected chi connectivity index (χ0v) is 13.7. The summed E-state index contributed by atoms with van der Waals surface area (Å²) in [6, 6.07) is 0.435. The van der Waals surface area contributed by atoms with Crippen molar-refractivity contribution in [1.29, 1.82) is 0 Å². The van der Waals surface area contributed by atoms with Crippen LogP contribution >= 0.6 is 0 Å². The van der Waals surface area contributed by atoms with Gasteiger partial charge in [0.2, 0.25) is 17.8 Å². The summed E-state index contributed by atoms with van der Waals surface area (Å²) < 4.78 is 0. The number of hydrogen-bond acceptors (Lipinski definition) is 6. The molecule has 1 aromatic rings. The second-order valence-corrected chi connectivity index (χ2v) is 6.57. The monoisotopic (exact) mass is 292 g/mol. The first-order valence-electron chi connectivity index (χ1n) is 7.96. The molecule has 6 heteroatoms. The highest BCUT2D eigenvalue weighted by Gasteiger charge is 2.27. The van der Waals surface area contributed by atoms with Gasteiger partial charge in [-0.2, -0.15) is 15.0 Å². The second kappa shape index (κ2) is 6.45. The highest BCUT2D eigenvalue weighted by atomic mass is 15.3. The average molecular weight is 292 g/mol. The number of hydrogen-bond donors (Lipinski definition) is 2. The smallest absolute Gasteiger partial charge is 0.231 e. The second-order valence-electron chi connectivity index (χ2n) is 6.57. The summed E-state index contributed by atoms with van der Waals surface area (Å²) in [7, 11) is 0. The van der Waals surface area contributed by atoms with E-state index >= 15 is 0 Å². The third kappa shape index (κ3) is 4.19. The van der Waals surface area contributed by atoms with E-state index in [0.717, 1.165) is 25.9 Å². The van der Waals surface area contributed by atoms with Gasteiger partial charge in [-0.25, -0.2) is 0 Å². The largest absolute Gasteiger partial charge is 0.368 e. The molecule has 0 unspecified atom stereocenters. The summed E-state index contributed by atoms with van der Waals surface area (Å²) in [4.78, 5) is 15.1. The maximum atomic E-state index is 5.83. The standard InChI is InChI=1S/C15H28N6/c1-5-21(6-2)14-19-12(16)18-13(20-14)17-11-7-9-15(3,4)10-8-11/h11H,5-10H2,1-4H3,(H3,16,17,18,19,20). The molecule has 0 saturated heterocycles. The van der Waals surface area contributed by atoms with Crippen molar-refractivity contribution in [2.24, 2.45) is 5.41 Å². The van der Waals surface area contributed by atoms with Gasteiger partial charge in [0.15, 0.2) is 0 Å². The fourth-order valence-corrected chi connectivity index (χ4v) is 2.82. The maximum Gasteiger partial charge on any atom is 0.231 e. The Kier molecular flexibility index (Phi) is 4.85. The van der Waals surface area contributed by atoms with Crippen LogP contribution in [0.15, 0.2) is 0 Å². The van der Waals surface area contributed by atoms with Crippen LogP contribution in [-0.4, -0.2) is 34.1 Å². The van der Waals surface area contributed by atoms with Crippen LogP contribution in [0.2, 0.25) is 0 Å². The van der Waals surface area contributed by atoms with Gasteiger partial charge in [-0.3, -0.25) is 0 Å². The molecule has 1 fully saturated rings. The van der Waals surface area contributed by atoms with Gasteiger partial charge in [0, 0.05) is 19.1 Å². The van der Waals surface area contributed by atoms with E-state index in [2.05, 4.69) is 52.9 Å². The summed E-state index contributed by atoms with van der Waals surface area (Å²) in [5.41, 5.74) is 6.29. The summed E-state index contributed by atoms with van der Waals surface area (Å²) in [5, 5.41) is 3.43. The zero-order chi connectivity index (χ0) is 15.5. The lowest BCUT2D eigenvalue weighted by atomic mass is 9.76. The fourth-order valence-electron chi connectivity index (χ4n) is 2.82. The number of nitrogens with zero attached hydrogens (tertiary/aromatic N) is 4. The first-order valence-corrected chi connectivity index (χ1v) is 7.96. The molecule has 0 radical (unpaired) electrons. The van der Waals surface area contributed by atoms with E-state index in [9.17, 15) is 0 Å². The van der Waals surface area contributed by atoms with Crippen LogP contribution in [0.3, 0.4) is 0 Å². The lowest BCUT2D eigenvalue weighted by Crippen LogP contribution is -2.31. The molecule has 3 N–H and O–H groups in total. The van der Waals surface area contributed by atoms with E-state index in [1.165, 1.54) is 12.8 Å². The molecule has 1 aliphatic carbocycles. The minimum Gasteiger partial charge on any atom is -0.368 e. The minimum absolute atomic E-state index is 0.283. The van der Waals surface area contributed by atoms with Crippen molar-refractivity contribution in [3.63, 3.8) is 0 Å². The average Bonchev–Trinajstić information content (AvgIpc) is 2.42. The Morgan fingerprint density at radius 2 is 1.76 bits per heavy atom. The summed E-state index contributed by atoms with van der Waals surface area (Å²) in [5.74, 6) is 1.55. The predicted octanol–water partition coefficient (Wildman–Crippen LogP) is 2.68. The quantitative estimate of drug-likeness (QED) is 0.868. The third-order valence-corrected chi connectivity index (χ3v) is 4.36. The Morgan fingerprint density at radius 1 is 1.14 bits per heavy atom. The molecule has 118 valence electrons. The predicted molar refractivity (Wildman–Crippen MR) is 87.5 cm³/mol. The molecular weight excluding hydrogens is 264 g/mol. The number of nitrogens with two attached hydrogens (primary N) is 1. The van der Waals surface area contributed by atoms with E-state index in [4.69, 9.17) is 5.73 Å². The maximum absolute atomic E-state index is 5.83. The molecule has 21 heavy (non-hydrogen) atoms. The van der Waals surface area contributed by atoms with Crippen LogP contribution in [0, 0.1) is 5.41 Å². The summed E-state index contributed by atoms with van der Waals surface area (Å²) in [6.07, 6.45) is 4.76. The molecule has 1 aromatic heterocycles. The van der Waals surface area contributed by atoms with Crippen LogP contribution in [0.25, 0.3) is 0 Å². The lowest BCUT2D eigenvalue weighted by Gasteiger charge is -2.34. The summed E-state index contributed by atoms with van der Waals surface area (Å²) >= 11 is 0. The zero-order valence-electron chi connectivity index (χ0n) is 13.7. The van der Waals surface area contributed by atoms with Crippen molar-refractivity contribution in [2.75, 3.05) is 29.0 Å². The Bertz CT molecular complexity index is 459. The van der Waals surface area contributed by atoms with Crippen molar-refractivity contribution in [1.82, 2.24) is 15.0 Å². The van der Waals surface area contributed by atoms with E-state index in [1.54, 1.807) is 0 Å². The molecule has 6 nitrogen and oxygen atoms in total.